The van der Waals surface area contributed by atoms with Crippen molar-refractivity contribution >= 4 is 23.3 Å². The van der Waals surface area contributed by atoms with E-state index in [0.717, 1.165) is 12.1 Å². The van der Waals surface area contributed by atoms with E-state index in [4.69, 9.17) is 16.3 Å². The van der Waals surface area contributed by atoms with E-state index in [9.17, 15) is 22.8 Å². The number of nitrogens with zero attached hydrogens (tertiary/aromatic N) is 1. The molecule has 1 amide bonds. The molecule has 2 aromatic carbocycles. The molecule has 0 radical (unpaired) electrons. The van der Waals surface area contributed by atoms with E-state index in [1.807, 2.05) is 0 Å². The summed E-state index contributed by atoms with van der Waals surface area (Å²) >= 11 is 5.61. The number of carbonyl (C=O) groups excluding carboxylic acids is 2. The Morgan fingerprint density at radius 1 is 0.969 bits per heavy atom. The Bertz CT molecular complexity index is 1130. The number of rotatable bonds is 7. The van der Waals surface area contributed by atoms with E-state index < -0.39 is 16.8 Å². The predicted molar refractivity (Wildman–Crippen MR) is 113 cm³/mol. The lowest BCUT2D eigenvalue weighted by molar-refractivity contribution is -0.137. The third-order valence-corrected chi connectivity index (χ3v) is 4.82. The summed E-state index contributed by atoms with van der Waals surface area (Å²) in [5.41, 5.74) is 0.189. The number of ether oxygens (including phenoxy) is 1. The van der Waals surface area contributed by atoms with Crippen LogP contribution in [-0.2, 0) is 23.8 Å². The maximum atomic E-state index is 13.0. The zero-order chi connectivity index (χ0) is 23.3. The maximum absolute atomic E-state index is 13.0. The van der Waals surface area contributed by atoms with Gasteiger partial charge in [0.05, 0.1) is 10.6 Å². The second-order valence-corrected chi connectivity index (χ2v) is 7.31. The molecule has 32 heavy (non-hydrogen) atoms. The van der Waals surface area contributed by atoms with Gasteiger partial charge in [-0.05, 0) is 41.5 Å². The highest BCUT2D eigenvalue weighted by molar-refractivity contribution is 6.31. The first-order valence-electron chi connectivity index (χ1n) is 9.48. The number of ketones is 1. The lowest BCUT2D eigenvalue weighted by Crippen LogP contribution is -2.18. The summed E-state index contributed by atoms with van der Waals surface area (Å²) in [4.78, 5) is 28.0. The van der Waals surface area contributed by atoms with Gasteiger partial charge < -0.3 is 10.1 Å². The summed E-state index contributed by atoms with van der Waals surface area (Å²) < 4.78 is 44.6. The van der Waals surface area contributed by atoms with Crippen LogP contribution in [0.25, 0.3) is 0 Å². The number of hydrogen-bond donors (Lipinski definition) is 1. The number of amides is 1. The van der Waals surface area contributed by atoms with Crippen LogP contribution in [0.15, 0.2) is 60.8 Å². The standard InChI is InChI=1S/C23H18ClF3N2O3/c1-28-22(31)21-13-18(8-9-29-21)32-17-5-2-14(3-6-17)10-16(30)11-15-4-7-20(24)19(12-15)23(25,26)27/h2-9,12-13H,10-11H2,1H3,(H,28,31). The first kappa shape index (κ1) is 23.3. The summed E-state index contributed by atoms with van der Waals surface area (Å²) in [6.07, 6.45) is -3.21. The molecule has 1 aromatic heterocycles. The van der Waals surface area contributed by atoms with E-state index >= 15 is 0 Å². The van der Waals surface area contributed by atoms with Crippen LogP contribution < -0.4 is 10.1 Å². The van der Waals surface area contributed by atoms with E-state index in [0.29, 0.717) is 17.1 Å². The Kier molecular flexibility index (Phi) is 7.15. The average Bonchev–Trinajstić information content (AvgIpc) is 2.75. The minimum atomic E-state index is -4.58. The van der Waals surface area contributed by atoms with E-state index in [2.05, 4.69) is 10.3 Å². The summed E-state index contributed by atoms with van der Waals surface area (Å²) in [5, 5.41) is 2.08. The summed E-state index contributed by atoms with van der Waals surface area (Å²) in [6.45, 7) is 0. The minimum Gasteiger partial charge on any atom is -0.457 e. The largest absolute Gasteiger partial charge is 0.457 e. The number of alkyl halides is 3. The van der Waals surface area contributed by atoms with Gasteiger partial charge in [-0.15, -0.1) is 0 Å². The molecule has 0 fully saturated rings. The van der Waals surface area contributed by atoms with E-state index in [-0.39, 0.29) is 35.8 Å². The quantitative estimate of drug-likeness (QED) is 0.520. The number of benzene rings is 2. The predicted octanol–water partition coefficient (Wildman–Crippen LogP) is 5.26. The van der Waals surface area contributed by atoms with Crippen molar-refractivity contribution in [3.63, 3.8) is 0 Å². The van der Waals surface area contributed by atoms with Gasteiger partial charge in [0, 0.05) is 32.2 Å². The normalized spacial score (nSPS) is 11.2. The Hall–Kier alpha value is -3.39. The van der Waals surface area contributed by atoms with Crippen LogP contribution in [-0.4, -0.2) is 23.7 Å². The molecule has 166 valence electrons. The van der Waals surface area contributed by atoms with Gasteiger partial charge >= 0.3 is 6.18 Å². The molecule has 0 spiro atoms. The maximum Gasteiger partial charge on any atom is 0.417 e. The Morgan fingerprint density at radius 3 is 2.28 bits per heavy atom. The summed E-state index contributed by atoms with van der Waals surface area (Å²) in [7, 11) is 1.50. The van der Waals surface area contributed by atoms with Gasteiger partial charge in [-0.25, -0.2) is 0 Å². The van der Waals surface area contributed by atoms with Crippen molar-refractivity contribution in [2.45, 2.75) is 19.0 Å². The zero-order valence-corrected chi connectivity index (χ0v) is 17.6. The van der Waals surface area contributed by atoms with Crippen molar-refractivity contribution in [2.75, 3.05) is 7.05 Å². The first-order chi connectivity index (χ1) is 15.2. The molecular formula is C23H18ClF3N2O3. The van der Waals surface area contributed by atoms with Gasteiger partial charge in [-0.1, -0.05) is 29.8 Å². The molecule has 1 N–H and O–H groups in total. The van der Waals surface area contributed by atoms with Crippen molar-refractivity contribution in [3.05, 3.63) is 88.2 Å². The second kappa shape index (κ2) is 9.82. The van der Waals surface area contributed by atoms with Crippen molar-refractivity contribution in [1.29, 1.82) is 0 Å². The molecule has 0 saturated carbocycles. The summed E-state index contributed by atoms with van der Waals surface area (Å²) in [5.74, 6) is 0.333. The van der Waals surface area contributed by atoms with Gasteiger partial charge in [0.25, 0.3) is 5.91 Å². The molecule has 1 heterocycles. The lowest BCUT2D eigenvalue weighted by Gasteiger charge is -2.11. The molecule has 0 saturated heterocycles. The second-order valence-electron chi connectivity index (χ2n) is 6.91. The highest BCUT2D eigenvalue weighted by atomic mass is 35.5. The van der Waals surface area contributed by atoms with Crippen LogP contribution in [0.2, 0.25) is 5.02 Å². The average molecular weight is 463 g/mol. The highest BCUT2D eigenvalue weighted by Crippen LogP contribution is 2.35. The number of Topliss-reactive ketones (excluding diaryl/α,β-unsaturated/α-hetero) is 1. The topological polar surface area (TPSA) is 68.3 Å². The van der Waals surface area contributed by atoms with Crippen LogP contribution >= 0.6 is 11.6 Å². The van der Waals surface area contributed by atoms with Gasteiger partial charge in [0.1, 0.15) is 23.0 Å². The van der Waals surface area contributed by atoms with E-state index in [1.165, 1.54) is 25.4 Å². The molecule has 0 atom stereocenters. The van der Waals surface area contributed by atoms with Crippen molar-refractivity contribution < 1.29 is 27.5 Å². The fraction of sp³-hybridized carbons (Fsp3) is 0.174. The molecule has 9 heteroatoms. The zero-order valence-electron chi connectivity index (χ0n) is 16.9. The molecule has 3 aromatic rings. The van der Waals surface area contributed by atoms with Gasteiger partial charge in [-0.3, -0.25) is 14.6 Å². The van der Waals surface area contributed by atoms with Gasteiger partial charge in [0.2, 0.25) is 0 Å². The molecule has 3 rings (SSSR count). The molecule has 0 unspecified atom stereocenters. The highest BCUT2D eigenvalue weighted by Gasteiger charge is 2.33. The molecule has 0 aliphatic rings. The van der Waals surface area contributed by atoms with Crippen molar-refractivity contribution in [1.82, 2.24) is 10.3 Å². The molecule has 0 bridgehead atoms. The third-order valence-electron chi connectivity index (χ3n) is 4.49. The Labute approximate surface area is 187 Å². The van der Waals surface area contributed by atoms with Crippen LogP contribution in [0.1, 0.15) is 27.2 Å². The van der Waals surface area contributed by atoms with Crippen LogP contribution in [0.4, 0.5) is 13.2 Å². The van der Waals surface area contributed by atoms with Crippen LogP contribution in [0.3, 0.4) is 0 Å². The molecule has 5 nitrogen and oxygen atoms in total. The monoisotopic (exact) mass is 462 g/mol. The Balaban J connectivity index is 1.62. The number of aromatic nitrogens is 1. The third kappa shape index (κ3) is 6.07. The number of carbonyl (C=O) groups is 2. The molecule has 0 aliphatic heterocycles. The summed E-state index contributed by atoms with van der Waals surface area (Å²) in [6, 6.07) is 13.3. The van der Waals surface area contributed by atoms with E-state index in [1.54, 1.807) is 30.3 Å². The number of hydrogen-bond acceptors (Lipinski definition) is 4. The smallest absolute Gasteiger partial charge is 0.417 e. The lowest BCUT2D eigenvalue weighted by atomic mass is 10.0. The first-order valence-corrected chi connectivity index (χ1v) is 9.86. The van der Waals surface area contributed by atoms with Crippen LogP contribution in [0.5, 0.6) is 11.5 Å². The van der Waals surface area contributed by atoms with Crippen LogP contribution in [0, 0.1) is 0 Å². The van der Waals surface area contributed by atoms with Crippen molar-refractivity contribution in [3.8, 4) is 11.5 Å². The number of nitrogens with one attached hydrogen (secondary N) is 1. The minimum absolute atomic E-state index is 0.0559. The molecule has 0 aliphatic carbocycles. The fourth-order valence-electron chi connectivity index (χ4n) is 2.96. The van der Waals surface area contributed by atoms with Gasteiger partial charge in [0.15, 0.2) is 0 Å². The van der Waals surface area contributed by atoms with Crippen molar-refractivity contribution in [2.24, 2.45) is 0 Å². The van der Waals surface area contributed by atoms with Gasteiger partial charge in [-0.2, -0.15) is 13.2 Å². The number of pyridine rings is 1. The number of halogens is 4. The molecular weight excluding hydrogens is 445 g/mol. The SMILES string of the molecule is CNC(=O)c1cc(Oc2ccc(CC(=O)Cc3ccc(Cl)c(C(F)(F)F)c3)cc2)ccn1. The Morgan fingerprint density at radius 2 is 1.62 bits per heavy atom. The fourth-order valence-corrected chi connectivity index (χ4v) is 3.18.